The third kappa shape index (κ3) is 5.35. The van der Waals surface area contributed by atoms with Crippen LogP contribution in [0.1, 0.15) is 37.4 Å². The highest BCUT2D eigenvalue weighted by molar-refractivity contribution is 6.31. The largest absolute Gasteiger partial charge is 0.481 e. The number of carboxylic acids is 1. The first-order valence-corrected chi connectivity index (χ1v) is 10.7. The van der Waals surface area contributed by atoms with Gasteiger partial charge < -0.3 is 14.7 Å². The number of aliphatic carboxylic acids is 1. The van der Waals surface area contributed by atoms with Crippen LogP contribution in [0.15, 0.2) is 18.2 Å². The minimum Gasteiger partial charge on any atom is -0.481 e. The van der Waals surface area contributed by atoms with Gasteiger partial charge in [0.15, 0.2) is 0 Å². The van der Waals surface area contributed by atoms with Crippen LogP contribution in [-0.4, -0.2) is 71.9 Å². The number of anilines is 1. The van der Waals surface area contributed by atoms with Crippen LogP contribution in [0.4, 0.5) is 5.82 Å². The van der Waals surface area contributed by atoms with Gasteiger partial charge in [-0.25, -0.2) is 9.97 Å². The minimum absolute atomic E-state index is 0.0788. The second-order valence-electron chi connectivity index (χ2n) is 7.78. The van der Waals surface area contributed by atoms with E-state index in [1.165, 1.54) is 0 Å². The molecule has 2 fully saturated rings. The fourth-order valence-corrected chi connectivity index (χ4v) is 3.90. The smallest absolute Gasteiger partial charge is 0.305 e. The van der Waals surface area contributed by atoms with Gasteiger partial charge in [0.05, 0.1) is 25.2 Å². The standard InChI is InChI=1S/C21H27ClN4O3/c22-16-4-5-17-18(14-16)23-20(15-2-3-15)24-21(17)26(9-6-19(27)28)8-1-7-25-10-12-29-13-11-25/h4-5,14-15H,1-3,6-13H2,(H,27,28). The lowest BCUT2D eigenvalue weighted by Crippen LogP contribution is -2.38. The Morgan fingerprint density at radius 1 is 1.24 bits per heavy atom. The Bertz CT molecular complexity index is 868. The van der Waals surface area contributed by atoms with Crippen LogP contribution in [0.25, 0.3) is 10.9 Å². The number of benzene rings is 1. The van der Waals surface area contributed by atoms with Crippen LogP contribution in [0, 0.1) is 0 Å². The fourth-order valence-electron chi connectivity index (χ4n) is 3.73. The summed E-state index contributed by atoms with van der Waals surface area (Å²) in [5.74, 6) is 1.29. The molecule has 1 aromatic heterocycles. The number of carbonyl (C=O) groups is 1. The molecule has 2 heterocycles. The maximum absolute atomic E-state index is 11.3. The maximum Gasteiger partial charge on any atom is 0.305 e. The predicted molar refractivity (Wildman–Crippen MR) is 113 cm³/mol. The normalized spacial score (nSPS) is 17.6. The lowest BCUT2D eigenvalue weighted by molar-refractivity contribution is -0.136. The topological polar surface area (TPSA) is 78.8 Å². The molecule has 1 aliphatic carbocycles. The van der Waals surface area contributed by atoms with Gasteiger partial charge in [-0.15, -0.1) is 0 Å². The van der Waals surface area contributed by atoms with E-state index in [2.05, 4.69) is 9.80 Å². The first-order valence-electron chi connectivity index (χ1n) is 10.3. The number of fused-ring (bicyclic) bond motifs is 1. The van der Waals surface area contributed by atoms with Crippen molar-refractivity contribution in [1.29, 1.82) is 0 Å². The van der Waals surface area contributed by atoms with Crippen molar-refractivity contribution in [2.75, 3.05) is 50.8 Å². The Balaban J connectivity index is 1.58. The Kier molecular flexibility index (Phi) is 6.47. The number of aromatic nitrogens is 2. The molecule has 29 heavy (non-hydrogen) atoms. The highest BCUT2D eigenvalue weighted by atomic mass is 35.5. The van der Waals surface area contributed by atoms with Crippen molar-refractivity contribution in [2.24, 2.45) is 0 Å². The molecule has 1 saturated carbocycles. The first kappa shape index (κ1) is 20.3. The van der Waals surface area contributed by atoms with Gasteiger partial charge in [-0.3, -0.25) is 9.69 Å². The van der Waals surface area contributed by atoms with E-state index in [4.69, 9.17) is 26.3 Å². The quantitative estimate of drug-likeness (QED) is 0.670. The van der Waals surface area contributed by atoms with Crippen molar-refractivity contribution in [3.05, 3.63) is 29.0 Å². The van der Waals surface area contributed by atoms with Gasteiger partial charge >= 0.3 is 5.97 Å². The van der Waals surface area contributed by atoms with Gasteiger partial charge in [-0.05, 0) is 37.5 Å². The number of hydrogen-bond donors (Lipinski definition) is 1. The molecule has 156 valence electrons. The maximum atomic E-state index is 11.3. The molecule has 2 aliphatic rings. The highest BCUT2D eigenvalue weighted by Gasteiger charge is 2.28. The first-order chi connectivity index (χ1) is 14.1. The fraction of sp³-hybridized carbons (Fsp3) is 0.571. The molecule has 1 N–H and O–H groups in total. The van der Waals surface area contributed by atoms with Crippen molar-refractivity contribution in [3.8, 4) is 0 Å². The monoisotopic (exact) mass is 418 g/mol. The van der Waals surface area contributed by atoms with Crippen LogP contribution in [0.2, 0.25) is 5.02 Å². The van der Waals surface area contributed by atoms with E-state index in [1.54, 1.807) is 0 Å². The second kappa shape index (κ2) is 9.24. The van der Waals surface area contributed by atoms with Gasteiger partial charge in [-0.2, -0.15) is 0 Å². The molecule has 0 unspecified atom stereocenters. The molecule has 0 radical (unpaired) electrons. The average molecular weight is 419 g/mol. The summed E-state index contributed by atoms with van der Waals surface area (Å²) in [6, 6.07) is 5.66. The van der Waals surface area contributed by atoms with Gasteiger partial charge in [0, 0.05) is 49.1 Å². The lowest BCUT2D eigenvalue weighted by Gasteiger charge is -2.29. The Hall–Kier alpha value is -1.96. The molecule has 0 bridgehead atoms. The highest BCUT2D eigenvalue weighted by Crippen LogP contribution is 2.40. The number of rotatable bonds is 9. The summed E-state index contributed by atoms with van der Waals surface area (Å²) >= 11 is 6.20. The summed E-state index contributed by atoms with van der Waals surface area (Å²) in [6.07, 6.45) is 3.24. The van der Waals surface area contributed by atoms with E-state index in [0.29, 0.717) is 17.5 Å². The van der Waals surface area contributed by atoms with E-state index >= 15 is 0 Å². The molecule has 7 nitrogen and oxygen atoms in total. The molecular weight excluding hydrogens is 392 g/mol. The molecule has 2 aromatic rings. The van der Waals surface area contributed by atoms with E-state index < -0.39 is 5.97 Å². The van der Waals surface area contributed by atoms with E-state index in [0.717, 1.165) is 81.2 Å². The van der Waals surface area contributed by atoms with Crippen LogP contribution in [0.3, 0.4) is 0 Å². The minimum atomic E-state index is -0.799. The Morgan fingerprint density at radius 3 is 2.76 bits per heavy atom. The van der Waals surface area contributed by atoms with E-state index in [1.807, 2.05) is 18.2 Å². The number of nitrogens with zero attached hydrogens (tertiary/aromatic N) is 4. The molecule has 1 saturated heterocycles. The summed E-state index contributed by atoms with van der Waals surface area (Å²) in [6.45, 7) is 5.62. The van der Waals surface area contributed by atoms with Gasteiger partial charge in [-0.1, -0.05) is 11.6 Å². The number of carboxylic acid groups (broad SMARTS) is 1. The molecular formula is C21H27ClN4O3. The zero-order valence-electron chi connectivity index (χ0n) is 16.5. The third-order valence-corrected chi connectivity index (χ3v) is 5.73. The SMILES string of the molecule is O=C(O)CCN(CCCN1CCOCC1)c1nc(C2CC2)nc2cc(Cl)ccc12. The van der Waals surface area contributed by atoms with Gasteiger partial charge in [0.25, 0.3) is 0 Å². The lowest BCUT2D eigenvalue weighted by atomic mass is 10.2. The Labute approximate surface area is 175 Å². The zero-order valence-corrected chi connectivity index (χ0v) is 17.3. The summed E-state index contributed by atoms with van der Waals surface area (Å²) in [7, 11) is 0. The van der Waals surface area contributed by atoms with Crippen molar-refractivity contribution < 1.29 is 14.6 Å². The van der Waals surface area contributed by atoms with Crippen LogP contribution < -0.4 is 4.90 Å². The second-order valence-corrected chi connectivity index (χ2v) is 8.22. The summed E-state index contributed by atoms with van der Waals surface area (Å²) < 4.78 is 5.42. The third-order valence-electron chi connectivity index (χ3n) is 5.50. The predicted octanol–water partition coefficient (Wildman–Crippen LogP) is 3.16. The van der Waals surface area contributed by atoms with Crippen molar-refractivity contribution in [2.45, 2.75) is 31.6 Å². The number of hydrogen-bond acceptors (Lipinski definition) is 6. The molecule has 4 rings (SSSR count). The van der Waals surface area contributed by atoms with Crippen molar-refractivity contribution in [1.82, 2.24) is 14.9 Å². The number of ether oxygens (including phenoxy) is 1. The summed E-state index contributed by atoms with van der Waals surface area (Å²) in [5, 5.41) is 10.8. The molecule has 8 heteroatoms. The number of morpholine rings is 1. The molecule has 0 spiro atoms. The van der Waals surface area contributed by atoms with Crippen molar-refractivity contribution in [3.63, 3.8) is 0 Å². The number of halogens is 1. The van der Waals surface area contributed by atoms with E-state index in [-0.39, 0.29) is 6.42 Å². The summed E-state index contributed by atoms with van der Waals surface area (Å²) in [4.78, 5) is 25.4. The van der Waals surface area contributed by atoms with Gasteiger partial charge in [0.2, 0.25) is 0 Å². The molecule has 1 aromatic carbocycles. The average Bonchev–Trinajstić information content (AvgIpc) is 3.55. The zero-order chi connectivity index (χ0) is 20.2. The van der Waals surface area contributed by atoms with E-state index in [9.17, 15) is 9.90 Å². The van der Waals surface area contributed by atoms with Crippen molar-refractivity contribution >= 4 is 34.3 Å². The van der Waals surface area contributed by atoms with Gasteiger partial charge in [0.1, 0.15) is 11.6 Å². The Morgan fingerprint density at radius 2 is 2.03 bits per heavy atom. The van der Waals surface area contributed by atoms with Crippen LogP contribution in [0.5, 0.6) is 0 Å². The molecule has 1 aliphatic heterocycles. The van der Waals surface area contributed by atoms with Crippen LogP contribution in [-0.2, 0) is 9.53 Å². The molecule has 0 atom stereocenters. The molecule has 0 amide bonds. The summed E-state index contributed by atoms with van der Waals surface area (Å²) in [5.41, 5.74) is 0.831. The van der Waals surface area contributed by atoms with Crippen LogP contribution >= 0.6 is 11.6 Å².